The van der Waals surface area contributed by atoms with Gasteiger partial charge in [-0.1, -0.05) is 13.8 Å². The third-order valence-electron chi connectivity index (χ3n) is 4.17. The Labute approximate surface area is 125 Å². The van der Waals surface area contributed by atoms with Crippen LogP contribution in [0.2, 0.25) is 0 Å². The van der Waals surface area contributed by atoms with Crippen LogP contribution in [0.5, 0.6) is 0 Å². The fourth-order valence-electron chi connectivity index (χ4n) is 2.88. The number of ether oxygens (including phenoxy) is 1. The van der Waals surface area contributed by atoms with Gasteiger partial charge < -0.3 is 9.64 Å². The van der Waals surface area contributed by atoms with Gasteiger partial charge in [0.2, 0.25) is 0 Å². The fourth-order valence-corrected chi connectivity index (χ4v) is 2.88. The third-order valence-corrected chi connectivity index (χ3v) is 4.17. The van der Waals surface area contributed by atoms with Crippen molar-refractivity contribution in [2.24, 2.45) is 0 Å². The molecule has 0 saturated carbocycles. The van der Waals surface area contributed by atoms with E-state index in [1.54, 1.807) is 13.8 Å². The molecule has 0 N–H and O–H groups in total. The standard InChI is InChI=1S/C15H18F5NO/c1-9(2)12-11(5-4-10(16)13(12)17)21-7-6-14(8-21,22-3)15(18,19)20/h4-5,9H,6-8H2,1-3H3. The molecule has 1 aromatic carbocycles. The molecule has 1 fully saturated rings. The Morgan fingerprint density at radius 1 is 1.23 bits per heavy atom. The lowest BCUT2D eigenvalue weighted by molar-refractivity contribution is -0.260. The van der Waals surface area contributed by atoms with E-state index in [1.807, 2.05) is 0 Å². The summed E-state index contributed by atoms with van der Waals surface area (Å²) in [7, 11) is 1.02. The Morgan fingerprint density at radius 3 is 2.32 bits per heavy atom. The summed E-state index contributed by atoms with van der Waals surface area (Å²) in [5, 5.41) is 0. The number of rotatable bonds is 3. The largest absolute Gasteiger partial charge is 0.419 e. The Kier molecular flexibility index (Phi) is 4.39. The van der Waals surface area contributed by atoms with Gasteiger partial charge in [-0.2, -0.15) is 13.2 Å². The molecular weight excluding hydrogens is 305 g/mol. The highest BCUT2D eigenvalue weighted by atomic mass is 19.4. The van der Waals surface area contributed by atoms with Gasteiger partial charge >= 0.3 is 6.18 Å². The monoisotopic (exact) mass is 323 g/mol. The summed E-state index contributed by atoms with van der Waals surface area (Å²) in [5.41, 5.74) is -1.89. The molecule has 0 aromatic heterocycles. The number of alkyl halides is 3. The maximum Gasteiger partial charge on any atom is 0.419 e. The molecule has 0 amide bonds. The molecule has 0 aliphatic carbocycles. The van der Waals surface area contributed by atoms with Gasteiger partial charge in [0.05, 0.1) is 6.54 Å². The highest BCUT2D eigenvalue weighted by molar-refractivity contribution is 5.57. The van der Waals surface area contributed by atoms with Crippen LogP contribution in [0, 0.1) is 11.6 Å². The second-order valence-electron chi connectivity index (χ2n) is 5.82. The summed E-state index contributed by atoms with van der Waals surface area (Å²) in [4.78, 5) is 1.41. The Morgan fingerprint density at radius 2 is 1.86 bits per heavy atom. The smallest absolute Gasteiger partial charge is 0.368 e. The molecule has 0 spiro atoms. The minimum absolute atomic E-state index is 0.0676. The predicted octanol–water partition coefficient (Wildman–Crippen LogP) is 4.25. The zero-order chi connectivity index (χ0) is 16.7. The van der Waals surface area contributed by atoms with Crippen molar-refractivity contribution < 1.29 is 26.7 Å². The number of hydrogen-bond donors (Lipinski definition) is 0. The van der Waals surface area contributed by atoms with E-state index in [0.717, 1.165) is 13.2 Å². The van der Waals surface area contributed by atoms with E-state index in [-0.39, 0.29) is 30.1 Å². The van der Waals surface area contributed by atoms with Crippen molar-refractivity contribution in [3.8, 4) is 0 Å². The number of benzene rings is 1. The zero-order valence-electron chi connectivity index (χ0n) is 12.6. The normalized spacial score (nSPS) is 22.7. The van der Waals surface area contributed by atoms with Gasteiger partial charge in [0.15, 0.2) is 17.2 Å². The first-order valence-corrected chi connectivity index (χ1v) is 6.97. The number of methoxy groups -OCH3 is 1. The van der Waals surface area contributed by atoms with Crippen molar-refractivity contribution in [2.45, 2.75) is 38.0 Å². The quantitative estimate of drug-likeness (QED) is 0.771. The Bertz CT molecular complexity index is 558. The van der Waals surface area contributed by atoms with Gasteiger partial charge in [0, 0.05) is 31.3 Å². The molecule has 1 saturated heterocycles. The summed E-state index contributed by atoms with van der Waals surface area (Å²) in [5.74, 6) is -2.36. The second kappa shape index (κ2) is 5.68. The summed E-state index contributed by atoms with van der Waals surface area (Å²) in [6.07, 6.45) is -4.77. The van der Waals surface area contributed by atoms with Gasteiger partial charge in [0.1, 0.15) is 0 Å². The molecule has 0 bridgehead atoms. The molecule has 1 aliphatic heterocycles. The molecule has 1 aliphatic rings. The average Bonchev–Trinajstić information content (AvgIpc) is 2.86. The first kappa shape index (κ1) is 17.0. The number of anilines is 1. The van der Waals surface area contributed by atoms with Crippen LogP contribution in [0.25, 0.3) is 0 Å². The molecule has 1 unspecified atom stereocenters. The van der Waals surface area contributed by atoms with Crippen LogP contribution in [-0.2, 0) is 4.74 Å². The van der Waals surface area contributed by atoms with Crippen LogP contribution in [0.1, 0.15) is 31.7 Å². The van der Waals surface area contributed by atoms with Gasteiger partial charge in [-0.15, -0.1) is 0 Å². The van der Waals surface area contributed by atoms with Crippen molar-refractivity contribution in [3.05, 3.63) is 29.3 Å². The molecule has 124 valence electrons. The topological polar surface area (TPSA) is 12.5 Å². The number of hydrogen-bond acceptors (Lipinski definition) is 2. The molecule has 22 heavy (non-hydrogen) atoms. The number of halogens is 5. The predicted molar refractivity (Wildman–Crippen MR) is 73.1 cm³/mol. The zero-order valence-corrected chi connectivity index (χ0v) is 12.6. The molecule has 1 heterocycles. The lowest BCUT2D eigenvalue weighted by Gasteiger charge is -2.31. The van der Waals surface area contributed by atoms with Crippen molar-refractivity contribution in [1.29, 1.82) is 0 Å². The Balaban J connectivity index is 2.42. The van der Waals surface area contributed by atoms with Crippen LogP contribution in [0.3, 0.4) is 0 Å². The van der Waals surface area contributed by atoms with Crippen LogP contribution in [0.4, 0.5) is 27.6 Å². The van der Waals surface area contributed by atoms with E-state index in [2.05, 4.69) is 0 Å². The van der Waals surface area contributed by atoms with E-state index in [9.17, 15) is 22.0 Å². The van der Waals surface area contributed by atoms with Crippen molar-refractivity contribution in [2.75, 3.05) is 25.1 Å². The van der Waals surface area contributed by atoms with Crippen LogP contribution in [-0.4, -0.2) is 32.0 Å². The maximum absolute atomic E-state index is 14.0. The maximum atomic E-state index is 14.0. The molecular formula is C15H18F5NO. The first-order valence-electron chi connectivity index (χ1n) is 6.97. The SMILES string of the molecule is COC1(C(F)(F)F)CCN(c2ccc(F)c(F)c2C(C)C)C1. The molecule has 2 nitrogen and oxygen atoms in total. The molecule has 0 radical (unpaired) electrons. The van der Waals surface area contributed by atoms with Gasteiger partial charge in [-0.3, -0.25) is 0 Å². The third kappa shape index (κ3) is 2.66. The minimum Gasteiger partial charge on any atom is -0.368 e. The van der Waals surface area contributed by atoms with E-state index in [0.29, 0.717) is 0 Å². The molecule has 1 aromatic rings. The molecule has 1 atom stereocenters. The highest BCUT2D eigenvalue weighted by Gasteiger charge is 2.59. The van der Waals surface area contributed by atoms with Crippen LogP contribution >= 0.6 is 0 Å². The Hall–Kier alpha value is -1.37. The van der Waals surface area contributed by atoms with Crippen molar-refractivity contribution in [3.63, 3.8) is 0 Å². The average molecular weight is 323 g/mol. The lowest BCUT2D eigenvalue weighted by atomic mass is 9.99. The van der Waals surface area contributed by atoms with E-state index < -0.39 is 30.0 Å². The van der Waals surface area contributed by atoms with Crippen LogP contribution in [0.15, 0.2) is 12.1 Å². The van der Waals surface area contributed by atoms with Gasteiger partial charge in [-0.25, -0.2) is 8.78 Å². The second-order valence-corrected chi connectivity index (χ2v) is 5.82. The van der Waals surface area contributed by atoms with E-state index >= 15 is 0 Å². The lowest BCUT2D eigenvalue weighted by Crippen LogP contribution is -2.49. The van der Waals surface area contributed by atoms with E-state index in [4.69, 9.17) is 4.74 Å². The molecule has 7 heteroatoms. The highest BCUT2D eigenvalue weighted by Crippen LogP contribution is 2.43. The van der Waals surface area contributed by atoms with Crippen molar-refractivity contribution in [1.82, 2.24) is 0 Å². The summed E-state index contributed by atoms with van der Waals surface area (Å²) < 4.78 is 71.8. The molecule has 2 rings (SSSR count). The van der Waals surface area contributed by atoms with Crippen molar-refractivity contribution >= 4 is 5.69 Å². The van der Waals surface area contributed by atoms with Gasteiger partial charge in [-0.05, 0) is 18.1 Å². The number of nitrogens with zero attached hydrogens (tertiary/aromatic N) is 1. The summed E-state index contributed by atoms with van der Waals surface area (Å²) >= 11 is 0. The van der Waals surface area contributed by atoms with Crippen LogP contribution < -0.4 is 4.90 Å². The van der Waals surface area contributed by atoms with Gasteiger partial charge in [0.25, 0.3) is 0 Å². The van der Waals surface area contributed by atoms with E-state index in [1.165, 1.54) is 11.0 Å². The first-order chi connectivity index (χ1) is 10.1. The summed E-state index contributed by atoms with van der Waals surface area (Å²) in [6, 6.07) is 2.27. The summed E-state index contributed by atoms with van der Waals surface area (Å²) in [6.45, 7) is 2.98. The minimum atomic E-state index is -4.52. The fraction of sp³-hybridized carbons (Fsp3) is 0.600.